The van der Waals surface area contributed by atoms with Crippen LogP contribution < -0.4 is 4.74 Å². The molecule has 0 saturated carbocycles. The molecule has 4 rings (SSSR count). The minimum atomic E-state index is 0.880. The molecule has 0 aliphatic carbocycles. The molecule has 2 nitrogen and oxygen atoms in total. The van der Waals surface area contributed by atoms with Crippen LogP contribution in [-0.2, 0) is 0 Å². The van der Waals surface area contributed by atoms with Crippen molar-refractivity contribution >= 4 is 22.0 Å². The Bertz CT molecular complexity index is 1160. The van der Waals surface area contributed by atoms with Gasteiger partial charge in [0.2, 0.25) is 0 Å². The Morgan fingerprint density at radius 1 is 0.774 bits per heavy atom. The van der Waals surface area contributed by atoms with Gasteiger partial charge in [-0.1, -0.05) is 80.4 Å². The average Bonchev–Trinajstić information content (AvgIpc) is 2.84. The van der Waals surface area contributed by atoms with E-state index in [1.807, 2.05) is 12.3 Å². The average molecular weight is 408 g/mol. The molecule has 0 unspecified atom stereocenters. The summed E-state index contributed by atoms with van der Waals surface area (Å²) in [6.07, 6.45) is 6.63. The highest BCUT2D eigenvalue weighted by Crippen LogP contribution is 2.36. The minimum absolute atomic E-state index is 0.880. The maximum absolute atomic E-state index is 5.40. The summed E-state index contributed by atoms with van der Waals surface area (Å²) >= 11 is 0. The predicted molar refractivity (Wildman–Crippen MR) is 131 cm³/mol. The molecule has 3 aromatic carbocycles. The molecule has 156 valence electrons. The first kappa shape index (κ1) is 20.9. The lowest BCUT2D eigenvalue weighted by Crippen LogP contribution is -1.97. The fourth-order valence-electron chi connectivity index (χ4n) is 4.09. The zero-order chi connectivity index (χ0) is 21.5. The third kappa shape index (κ3) is 4.86. The number of aromatic nitrogens is 1. The number of fused-ring (bicyclic) bond motifs is 1. The van der Waals surface area contributed by atoms with E-state index in [-0.39, 0.29) is 0 Å². The van der Waals surface area contributed by atoms with E-state index < -0.39 is 0 Å². The second kappa shape index (κ2) is 10.1. The third-order valence-electron chi connectivity index (χ3n) is 5.71. The standard InChI is InChI=1S/C29H29NO/c1-3-4-6-14-27(22-16-18-26(31-2)19-17-22)29(23-11-7-5-8-12-23)25-20-24-13-9-10-15-28(24)30-21-25/h5,7-13,15-21H,3-4,6,14H2,1-2H3/b29-27-. The number of pyridine rings is 1. The fourth-order valence-corrected chi connectivity index (χ4v) is 4.09. The zero-order valence-electron chi connectivity index (χ0n) is 18.3. The molecule has 0 bridgehead atoms. The molecular formula is C29H29NO. The SMILES string of the molecule is CCCCC/C(=C(\c1ccccc1)c1cnc2ccccc2c1)c1ccc(OC)cc1. The van der Waals surface area contributed by atoms with Crippen LogP contribution in [0.5, 0.6) is 5.75 Å². The number of allylic oxidation sites excluding steroid dienone is 1. The summed E-state index contributed by atoms with van der Waals surface area (Å²) in [7, 11) is 1.71. The molecule has 31 heavy (non-hydrogen) atoms. The first-order valence-electron chi connectivity index (χ1n) is 11.1. The summed E-state index contributed by atoms with van der Waals surface area (Å²) in [6.45, 7) is 2.25. The highest BCUT2D eigenvalue weighted by Gasteiger charge is 2.15. The van der Waals surface area contributed by atoms with E-state index in [0.29, 0.717) is 0 Å². The summed E-state index contributed by atoms with van der Waals surface area (Å²) in [5.41, 5.74) is 7.27. The Morgan fingerprint density at radius 2 is 1.52 bits per heavy atom. The second-order valence-corrected chi connectivity index (χ2v) is 7.82. The van der Waals surface area contributed by atoms with Gasteiger partial charge in [0, 0.05) is 17.1 Å². The molecule has 0 N–H and O–H groups in total. The normalized spacial score (nSPS) is 11.9. The van der Waals surface area contributed by atoms with Crippen molar-refractivity contribution in [1.82, 2.24) is 4.98 Å². The molecule has 0 atom stereocenters. The lowest BCUT2D eigenvalue weighted by molar-refractivity contribution is 0.415. The fraction of sp³-hybridized carbons (Fsp3) is 0.207. The van der Waals surface area contributed by atoms with Crippen molar-refractivity contribution in [2.24, 2.45) is 0 Å². The van der Waals surface area contributed by atoms with Crippen LogP contribution in [0.25, 0.3) is 22.0 Å². The Morgan fingerprint density at radius 3 is 2.26 bits per heavy atom. The van der Waals surface area contributed by atoms with Gasteiger partial charge in [-0.05, 0) is 59.4 Å². The number of hydrogen-bond acceptors (Lipinski definition) is 2. The number of hydrogen-bond donors (Lipinski definition) is 0. The Balaban J connectivity index is 1.94. The van der Waals surface area contributed by atoms with Crippen LogP contribution in [-0.4, -0.2) is 12.1 Å². The molecule has 4 aromatic rings. The van der Waals surface area contributed by atoms with E-state index in [1.165, 1.54) is 35.1 Å². The van der Waals surface area contributed by atoms with Crippen LogP contribution in [0, 0.1) is 0 Å². The van der Waals surface area contributed by atoms with Gasteiger partial charge in [-0.15, -0.1) is 0 Å². The molecule has 0 aliphatic heterocycles. The summed E-state index contributed by atoms with van der Waals surface area (Å²) in [5.74, 6) is 0.880. The number of benzene rings is 3. The van der Waals surface area contributed by atoms with Gasteiger partial charge < -0.3 is 4.74 Å². The Hall–Kier alpha value is -3.39. The number of nitrogens with zero attached hydrogens (tertiary/aromatic N) is 1. The van der Waals surface area contributed by atoms with Crippen LogP contribution >= 0.6 is 0 Å². The maximum Gasteiger partial charge on any atom is 0.118 e. The smallest absolute Gasteiger partial charge is 0.118 e. The van der Waals surface area contributed by atoms with Crippen LogP contribution in [0.15, 0.2) is 91.1 Å². The van der Waals surface area contributed by atoms with Crippen molar-refractivity contribution in [3.05, 3.63) is 108 Å². The van der Waals surface area contributed by atoms with Gasteiger partial charge in [-0.25, -0.2) is 0 Å². The van der Waals surface area contributed by atoms with Crippen LogP contribution in [0.1, 0.15) is 49.3 Å². The number of para-hydroxylation sites is 1. The van der Waals surface area contributed by atoms with Crippen molar-refractivity contribution in [2.45, 2.75) is 32.6 Å². The van der Waals surface area contributed by atoms with E-state index >= 15 is 0 Å². The van der Waals surface area contributed by atoms with Gasteiger partial charge in [-0.2, -0.15) is 0 Å². The van der Waals surface area contributed by atoms with Crippen molar-refractivity contribution < 1.29 is 4.74 Å². The monoisotopic (exact) mass is 407 g/mol. The molecule has 0 radical (unpaired) electrons. The van der Waals surface area contributed by atoms with Gasteiger partial charge in [0.15, 0.2) is 0 Å². The van der Waals surface area contributed by atoms with E-state index in [1.54, 1.807) is 7.11 Å². The Kier molecular flexibility index (Phi) is 6.78. The van der Waals surface area contributed by atoms with E-state index in [0.717, 1.165) is 35.1 Å². The number of ether oxygens (including phenoxy) is 1. The Labute approximate surface area is 185 Å². The van der Waals surface area contributed by atoms with E-state index in [4.69, 9.17) is 9.72 Å². The second-order valence-electron chi connectivity index (χ2n) is 7.82. The molecule has 1 aromatic heterocycles. The minimum Gasteiger partial charge on any atom is -0.497 e. The first-order chi connectivity index (χ1) is 15.3. The van der Waals surface area contributed by atoms with Crippen molar-refractivity contribution in [3.63, 3.8) is 0 Å². The van der Waals surface area contributed by atoms with E-state index in [2.05, 4.69) is 85.8 Å². The largest absolute Gasteiger partial charge is 0.497 e. The lowest BCUT2D eigenvalue weighted by Gasteiger charge is -2.18. The van der Waals surface area contributed by atoms with Crippen molar-refractivity contribution in [2.75, 3.05) is 7.11 Å². The summed E-state index contributed by atoms with van der Waals surface area (Å²) in [4.78, 5) is 4.77. The molecule has 0 spiro atoms. The highest BCUT2D eigenvalue weighted by atomic mass is 16.5. The van der Waals surface area contributed by atoms with Gasteiger partial charge in [0.05, 0.1) is 12.6 Å². The quantitative estimate of drug-likeness (QED) is 0.220. The number of unbranched alkanes of at least 4 members (excludes halogenated alkanes) is 2. The zero-order valence-corrected chi connectivity index (χ0v) is 18.3. The molecule has 2 heteroatoms. The summed E-state index contributed by atoms with van der Waals surface area (Å²) in [5, 5.41) is 1.16. The predicted octanol–water partition coefficient (Wildman–Crippen LogP) is 7.78. The number of rotatable bonds is 8. The molecule has 1 heterocycles. The highest BCUT2D eigenvalue weighted by molar-refractivity contribution is 6.00. The van der Waals surface area contributed by atoms with Crippen molar-refractivity contribution in [1.29, 1.82) is 0 Å². The molecule has 0 aliphatic rings. The van der Waals surface area contributed by atoms with Crippen LogP contribution in [0.4, 0.5) is 0 Å². The third-order valence-corrected chi connectivity index (χ3v) is 5.71. The summed E-state index contributed by atoms with van der Waals surface area (Å²) < 4.78 is 5.40. The maximum atomic E-state index is 5.40. The summed E-state index contributed by atoms with van der Waals surface area (Å²) in [6, 6.07) is 29.8. The molecular weight excluding hydrogens is 378 g/mol. The van der Waals surface area contributed by atoms with Crippen LogP contribution in [0.3, 0.4) is 0 Å². The van der Waals surface area contributed by atoms with Crippen molar-refractivity contribution in [3.8, 4) is 5.75 Å². The lowest BCUT2D eigenvalue weighted by atomic mass is 9.87. The van der Waals surface area contributed by atoms with E-state index in [9.17, 15) is 0 Å². The van der Waals surface area contributed by atoms with Crippen LogP contribution in [0.2, 0.25) is 0 Å². The topological polar surface area (TPSA) is 22.1 Å². The van der Waals surface area contributed by atoms with Gasteiger partial charge >= 0.3 is 0 Å². The molecule has 0 amide bonds. The van der Waals surface area contributed by atoms with Gasteiger partial charge in [0.1, 0.15) is 5.75 Å². The first-order valence-corrected chi connectivity index (χ1v) is 11.1. The molecule has 0 saturated heterocycles. The van der Waals surface area contributed by atoms with Gasteiger partial charge in [0.25, 0.3) is 0 Å². The van der Waals surface area contributed by atoms with Gasteiger partial charge in [-0.3, -0.25) is 4.98 Å². The molecule has 0 fully saturated rings. The number of methoxy groups -OCH3 is 1.